The summed E-state index contributed by atoms with van der Waals surface area (Å²) in [5.41, 5.74) is 4.84. The second-order valence-electron chi connectivity index (χ2n) is 12.2. The number of fused-ring (bicyclic) bond motifs is 1. The fourth-order valence-electron chi connectivity index (χ4n) is 4.51. The number of aliphatic hydroxyl groups excluding tert-OH is 2. The number of thioether (sulfide) groups is 1. The third-order valence-corrected chi connectivity index (χ3v) is 11.6. The van der Waals surface area contributed by atoms with Gasteiger partial charge in [0.15, 0.2) is 17.7 Å². The van der Waals surface area contributed by atoms with E-state index in [1.165, 1.54) is 13.8 Å². The van der Waals surface area contributed by atoms with Gasteiger partial charge in [-0.1, -0.05) is 31.7 Å². The van der Waals surface area contributed by atoms with Crippen molar-refractivity contribution in [2.45, 2.75) is 64.8 Å². The topological polar surface area (TPSA) is 364 Å². The van der Waals surface area contributed by atoms with Crippen molar-refractivity contribution in [2.75, 3.05) is 37.8 Å². The Morgan fingerprint density at radius 2 is 1.76 bits per heavy atom. The average molecular weight is 850 g/mol. The number of ether oxygens (including phenoxy) is 1. The number of carbonyl (C=O) groups is 3. The van der Waals surface area contributed by atoms with Gasteiger partial charge in [-0.3, -0.25) is 32.5 Å². The molecular formula is C26H42N7O17P3S. The Kier molecular flexibility index (Phi) is 16.0. The Morgan fingerprint density at radius 1 is 1.09 bits per heavy atom. The molecule has 0 radical (unpaired) electrons. The van der Waals surface area contributed by atoms with Crippen LogP contribution in [0.4, 0.5) is 5.82 Å². The van der Waals surface area contributed by atoms with E-state index in [0.717, 1.165) is 29.0 Å². The summed E-state index contributed by atoms with van der Waals surface area (Å²) in [6.45, 7) is 3.88. The molecule has 2 aromatic heterocycles. The normalized spacial score (nSPS) is 22.4. The predicted octanol–water partition coefficient (Wildman–Crippen LogP) is -0.369. The zero-order chi connectivity index (χ0) is 40.6. The molecule has 54 heavy (non-hydrogen) atoms. The standard InChI is InChI=1S/C26H42N7O17P3S/c1-5-14(2)25(38)54-9-8-28-16(34)6-7-29-23(37)20(36)26(3,4)11-47-53(44,45)50-52(42,43)46-10-15-19(49-51(39,40)41)18(35)24(48-15)33-13-32-17-21(27)30-12-31-22(17)33/h5,12-13,15,18-20,24,35-36H,6-11H2,1-4H3,(H,28,34)(H,29,37)(H,42,43)(H,44,45)(H2,27,30,31)(H2,39,40,41)/b14-5+/t15-,18-,19-,20+,24-/m1/s1. The summed E-state index contributed by atoms with van der Waals surface area (Å²) >= 11 is 1.03. The lowest BCUT2D eigenvalue weighted by molar-refractivity contribution is -0.137. The molecule has 0 saturated carbocycles. The van der Waals surface area contributed by atoms with Gasteiger partial charge in [0.25, 0.3) is 0 Å². The second kappa shape index (κ2) is 19.0. The minimum atomic E-state index is -5.57. The number of aromatic nitrogens is 4. The van der Waals surface area contributed by atoms with Gasteiger partial charge in [-0.2, -0.15) is 4.31 Å². The number of imidazole rings is 1. The van der Waals surface area contributed by atoms with Crippen molar-refractivity contribution in [1.82, 2.24) is 30.2 Å². The van der Waals surface area contributed by atoms with Crippen molar-refractivity contribution in [3.05, 3.63) is 24.3 Å². The summed E-state index contributed by atoms with van der Waals surface area (Å²) < 4.78 is 62.0. The zero-order valence-corrected chi connectivity index (χ0v) is 32.7. The Bertz CT molecular complexity index is 1840. The predicted molar refractivity (Wildman–Crippen MR) is 187 cm³/mol. The molecule has 0 aromatic carbocycles. The van der Waals surface area contributed by atoms with Gasteiger partial charge in [-0.15, -0.1) is 0 Å². The number of allylic oxidation sites excluding steroid dienone is 1. The lowest BCUT2D eigenvalue weighted by Crippen LogP contribution is -2.46. The molecule has 304 valence electrons. The number of aliphatic hydroxyl groups is 2. The Balaban J connectivity index is 1.51. The van der Waals surface area contributed by atoms with Gasteiger partial charge < -0.3 is 50.9 Å². The highest BCUT2D eigenvalue weighted by Gasteiger charge is 2.50. The number of phosphoric acid groups is 3. The summed E-state index contributed by atoms with van der Waals surface area (Å²) in [7, 11) is -16.4. The van der Waals surface area contributed by atoms with Crippen LogP contribution < -0.4 is 16.4 Å². The highest BCUT2D eigenvalue weighted by atomic mass is 32.2. The van der Waals surface area contributed by atoms with Crippen LogP contribution in [0.1, 0.15) is 40.3 Å². The minimum absolute atomic E-state index is 0.0301. The molecule has 2 aromatic rings. The first-order valence-electron chi connectivity index (χ1n) is 15.7. The van der Waals surface area contributed by atoms with E-state index >= 15 is 0 Å². The number of phosphoric ester groups is 3. The van der Waals surface area contributed by atoms with Crippen molar-refractivity contribution >= 4 is 69.1 Å². The third kappa shape index (κ3) is 13.2. The summed E-state index contributed by atoms with van der Waals surface area (Å²) in [6.07, 6.45) is -5.24. The van der Waals surface area contributed by atoms with Crippen LogP contribution in [-0.2, 0) is 50.7 Å². The van der Waals surface area contributed by atoms with E-state index in [2.05, 4.69) is 34.4 Å². The van der Waals surface area contributed by atoms with Gasteiger partial charge >= 0.3 is 23.5 Å². The van der Waals surface area contributed by atoms with E-state index in [4.69, 9.17) is 19.5 Å². The number of nitrogens with one attached hydrogen (secondary N) is 2. The molecule has 1 saturated heterocycles. The van der Waals surface area contributed by atoms with Crippen molar-refractivity contribution in [3.8, 4) is 0 Å². The zero-order valence-electron chi connectivity index (χ0n) is 29.2. The largest absolute Gasteiger partial charge is 0.481 e. The highest BCUT2D eigenvalue weighted by Crippen LogP contribution is 2.61. The van der Waals surface area contributed by atoms with Gasteiger partial charge in [-0.25, -0.2) is 28.6 Å². The third-order valence-electron chi connectivity index (χ3n) is 7.49. The molecule has 2 unspecified atom stereocenters. The summed E-state index contributed by atoms with van der Waals surface area (Å²) in [6, 6.07) is 0. The monoisotopic (exact) mass is 849 g/mol. The van der Waals surface area contributed by atoms with Crippen LogP contribution in [0.15, 0.2) is 24.3 Å². The second-order valence-corrected chi connectivity index (χ2v) is 17.5. The number of hydrogen-bond acceptors (Lipinski definition) is 18. The van der Waals surface area contributed by atoms with Crippen LogP contribution in [0.5, 0.6) is 0 Å². The number of anilines is 1. The van der Waals surface area contributed by atoms with Crippen molar-refractivity contribution in [1.29, 1.82) is 0 Å². The highest BCUT2D eigenvalue weighted by molar-refractivity contribution is 8.14. The molecule has 0 aliphatic carbocycles. The quantitative estimate of drug-likeness (QED) is 0.0466. The molecule has 28 heteroatoms. The molecule has 1 fully saturated rings. The van der Waals surface area contributed by atoms with E-state index in [1.807, 2.05) is 0 Å². The number of carbonyl (C=O) groups excluding carboxylic acids is 3. The van der Waals surface area contributed by atoms with E-state index in [-0.39, 0.29) is 41.6 Å². The molecule has 7 atom stereocenters. The molecule has 0 bridgehead atoms. The van der Waals surface area contributed by atoms with Crippen molar-refractivity contribution in [2.24, 2.45) is 5.41 Å². The van der Waals surface area contributed by atoms with Crippen molar-refractivity contribution < 1.29 is 80.5 Å². The molecule has 1 aliphatic heterocycles. The van der Waals surface area contributed by atoms with Gasteiger partial charge in [-0.05, 0) is 19.4 Å². The van der Waals surface area contributed by atoms with Gasteiger partial charge in [0.2, 0.25) is 16.9 Å². The first-order chi connectivity index (χ1) is 25.0. The molecule has 3 rings (SSSR count). The van der Waals surface area contributed by atoms with Gasteiger partial charge in [0.05, 0.1) is 19.5 Å². The van der Waals surface area contributed by atoms with Crippen LogP contribution in [0.25, 0.3) is 11.2 Å². The molecule has 2 amide bonds. The number of amides is 2. The van der Waals surface area contributed by atoms with Crippen LogP contribution in [0.2, 0.25) is 0 Å². The Hall–Kier alpha value is -2.70. The van der Waals surface area contributed by atoms with E-state index < -0.39 is 84.6 Å². The summed E-state index contributed by atoms with van der Waals surface area (Å²) in [5, 5.41) is 26.2. The fourth-order valence-corrected chi connectivity index (χ4v) is 8.07. The van der Waals surface area contributed by atoms with Gasteiger partial charge in [0, 0.05) is 30.7 Å². The van der Waals surface area contributed by atoms with E-state index in [1.54, 1.807) is 19.9 Å². The summed E-state index contributed by atoms with van der Waals surface area (Å²) in [4.78, 5) is 87.2. The summed E-state index contributed by atoms with van der Waals surface area (Å²) in [5.74, 6) is -1.13. The maximum Gasteiger partial charge on any atom is 0.481 e. The lowest BCUT2D eigenvalue weighted by Gasteiger charge is -2.30. The minimum Gasteiger partial charge on any atom is -0.386 e. The number of nitrogens with zero attached hydrogens (tertiary/aromatic N) is 4. The molecule has 1 aliphatic rings. The lowest BCUT2D eigenvalue weighted by atomic mass is 9.87. The Labute approximate surface area is 311 Å². The van der Waals surface area contributed by atoms with Crippen LogP contribution in [0, 0.1) is 5.41 Å². The van der Waals surface area contributed by atoms with Crippen LogP contribution >= 0.6 is 35.2 Å². The number of nitrogen functional groups attached to an aromatic ring is 1. The van der Waals surface area contributed by atoms with E-state index in [0.29, 0.717) is 11.3 Å². The molecule has 3 heterocycles. The molecular weight excluding hydrogens is 807 g/mol. The molecule has 0 spiro atoms. The fraction of sp³-hybridized carbons (Fsp3) is 0.615. The molecule has 24 nitrogen and oxygen atoms in total. The maximum absolute atomic E-state index is 12.7. The number of nitrogens with two attached hydrogens (primary N) is 1. The average Bonchev–Trinajstić information content (AvgIpc) is 3.64. The Morgan fingerprint density at radius 3 is 2.41 bits per heavy atom. The van der Waals surface area contributed by atoms with Crippen molar-refractivity contribution in [3.63, 3.8) is 0 Å². The maximum atomic E-state index is 12.7. The van der Waals surface area contributed by atoms with Gasteiger partial charge in [0.1, 0.15) is 36.3 Å². The first-order valence-corrected chi connectivity index (χ1v) is 21.2. The van der Waals surface area contributed by atoms with E-state index in [9.17, 15) is 57.9 Å². The SMILES string of the molecule is C/C=C(\C)C(=O)SCCNC(=O)CCNC(=O)[C@H](O)C(C)(C)COP(=O)(O)OP(=O)(O)OC[C@H]1O[C@@H](n2cnc3c(N)ncnc32)[C@H](O)[C@@H]1OP(=O)(O)O. The van der Waals surface area contributed by atoms with Crippen LogP contribution in [0.3, 0.4) is 0 Å². The first kappa shape index (κ1) is 45.7. The number of hydrogen-bond donors (Lipinski definition) is 9. The number of rotatable bonds is 20. The van der Waals surface area contributed by atoms with Crippen LogP contribution in [-0.4, -0.2) is 123 Å². The smallest absolute Gasteiger partial charge is 0.386 e. The molecule has 10 N–H and O–H groups in total.